The Kier molecular flexibility index (Phi) is 5.38. The van der Waals surface area contributed by atoms with Crippen LogP contribution in [0.5, 0.6) is 0 Å². The number of piperidine rings is 1. The number of nitrogens with two attached hydrogens (primary N) is 1. The molecule has 2 aromatic heterocycles. The van der Waals surface area contributed by atoms with E-state index < -0.39 is 11.9 Å². The SMILES string of the molecule is CC1(CN)CCN(c2cnc(Sc3cccnc3C(F)(F)F)cn2)CC1. The number of pyridine rings is 1. The molecule has 0 saturated carbocycles. The van der Waals surface area contributed by atoms with Crippen LogP contribution in [-0.4, -0.2) is 34.6 Å². The van der Waals surface area contributed by atoms with Gasteiger partial charge in [-0.1, -0.05) is 18.7 Å². The van der Waals surface area contributed by atoms with Gasteiger partial charge in [0.1, 0.15) is 10.8 Å². The van der Waals surface area contributed by atoms with Crippen molar-refractivity contribution in [3.63, 3.8) is 0 Å². The van der Waals surface area contributed by atoms with Gasteiger partial charge in [-0.2, -0.15) is 13.2 Å². The molecule has 2 N–H and O–H groups in total. The van der Waals surface area contributed by atoms with E-state index in [4.69, 9.17) is 5.73 Å². The van der Waals surface area contributed by atoms with Gasteiger partial charge in [-0.15, -0.1) is 0 Å². The number of nitrogens with zero attached hydrogens (tertiary/aromatic N) is 4. The average molecular weight is 383 g/mol. The van der Waals surface area contributed by atoms with E-state index in [1.165, 1.54) is 18.3 Å². The summed E-state index contributed by atoms with van der Waals surface area (Å²) in [7, 11) is 0. The van der Waals surface area contributed by atoms with Crippen LogP contribution in [0.15, 0.2) is 40.6 Å². The van der Waals surface area contributed by atoms with E-state index in [2.05, 4.69) is 26.8 Å². The lowest BCUT2D eigenvalue weighted by atomic mass is 9.80. The molecular formula is C17H20F3N5S. The highest BCUT2D eigenvalue weighted by atomic mass is 32.2. The molecule has 140 valence electrons. The van der Waals surface area contributed by atoms with Crippen LogP contribution in [0.2, 0.25) is 0 Å². The molecule has 1 fully saturated rings. The molecule has 0 aliphatic carbocycles. The number of rotatable bonds is 4. The van der Waals surface area contributed by atoms with Crippen molar-refractivity contribution in [1.29, 1.82) is 0 Å². The fourth-order valence-corrected chi connectivity index (χ4v) is 3.65. The summed E-state index contributed by atoms with van der Waals surface area (Å²) >= 11 is 0.909. The van der Waals surface area contributed by atoms with Crippen molar-refractivity contribution >= 4 is 17.6 Å². The van der Waals surface area contributed by atoms with Gasteiger partial charge in [0.05, 0.1) is 12.4 Å². The van der Waals surface area contributed by atoms with Crippen molar-refractivity contribution in [1.82, 2.24) is 15.0 Å². The maximum atomic E-state index is 13.0. The van der Waals surface area contributed by atoms with Gasteiger partial charge >= 0.3 is 6.18 Å². The fourth-order valence-electron chi connectivity index (χ4n) is 2.80. The molecule has 2 aromatic rings. The van der Waals surface area contributed by atoms with E-state index in [1.54, 1.807) is 6.20 Å². The lowest BCUT2D eigenvalue weighted by Gasteiger charge is -2.39. The summed E-state index contributed by atoms with van der Waals surface area (Å²) in [5.41, 5.74) is 5.07. The number of hydrogen-bond acceptors (Lipinski definition) is 6. The summed E-state index contributed by atoms with van der Waals surface area (Å²) in [6.07, 6.45) is 1.70. The summed E-state index contributed by atoms with van der Waals surface area (Å²) in [6.45, 7) is 4.53. The van der Waals surface area contributed by atoms with Gasteiger partial charge in [0.25, 0.3) is 0 Å². The van der Waals surface area contributed by atoms with E-state index in [9.17, 15) is 13.2 Å². The molecule has 0 unspecified atom stereocenters. The van der Waals surface area contributed by atoms with Crippen molar-refractivity contribution in [3.8, 4) is 0 Å². The molecule has 9 heteroatoms. The van der Waals surface area contributed by atoms with E-state index in [1.807, 2.05) is 0 Å². The van der Waals surface area contributed by atoms with Crippen molar-refractivity contribution in [3.05, 3.63) is 36.4 Å². The van der Waals surface area contributed by atoms with E-state index in [-0.39, 0.29) is 10.3 Å². The van der Waals surface area contributed by atoms with Gasteiger partial charge in [-0.05, 0) is 36.9 Å². The Bertz CT molecular complexity index is 743. The summed E-state index contributed by atoms with van der Waals surface area (Å²) in [5.74, 6) is 0.732. The minimum Gasteiger partial charge on any atom is -0.355 e. The second-order valence-corrected chi connectivity index (χ2v) is 7.73. The summed E-state index contributed by atoms with van der Waals surface area (Å²) in [6, 6.07) is 2.86. The summed E-state index contributed by atoms with van der Waals surface area (Å²) in [5, 5.41) is 0.399. The minimum absolute atomic E-state index is 0.0127. The Morgan fingerprint density at radius 1 is 1.19 bits per heavy atom. The predicted octanol–water partition coefficient (Wildman–Crippen LogP) is 3.61. The lowest BCUT2D eigenvalue weighted by molar-refractivity contribution is -0.143. The zero-order chi connectivity index (χ0) is 18.8. The topological polar surface area (TPSA) is 67.9 Å². The quantitative estimate of drug-likeness (QED) is 0.870. The van der Waals surface area contributed by atoms with E-state index in [0.717, 1.165) is 49.7 Å². The monoisotopic (exact) mass is 383 g/mol. The molecular weight excluding hydrogens is 363 g/mol. The summed E-state index contributed by atoms with van der Waals surface area (Å²) in [4.78, 5) is 14.2. The molecule has 26 heavy (non-hydrogen) atoms. The third kappa shape index (κ3) is 4.27. The zero-order valence-electron chi connectivity index (χ0n) is 14.3. The number of halogens is 3. The van der Waals surface area contributed by atoms with Gasteiger partial charge in [0.2, 0.25) is 0 Å². The van der Waals surface area contributed by atoms with Crippen LogP contribution in [0, 0.1) is 5.41 Å². The molecule has 0 amide bonds. The van der Waals surface area contributed by atoms with Crippen molar-refractivity contribution in [2.45, 2.75) is 35.9 Å². The Labute approximate surface area is 154 Å². The first-order valence-corrected chi connectivity index (χ1v) is 9.09. The highest BCUT2D eigenvalue weighted by molar-refractivity contribution is 7.99. The number of alkyl halides is 3. The largest absolute Gasteiger partial charge is 0.434 e. The van der Waals surface area contributed by atoms with Gasteiger partial charge in [0, 0.05) is 24.2 Å². The first kappa shape index (κ1) is 18.9. The maximum Gasteiger partial charge on any atom is 0.434 e. The van der Waals surface area contributed by atoms with Gasteiger partial charge < -0.3 is 10.6 Å². The van der Waals surface area contributed by atoms with Gasteiger partial charge in [-0.25, -0.2) is 9.97 Å². The third-order valence-corrected chi connectivity index (χ3v) is 5.62. The Hall–Kier alpha value is -1.87. The standard InChI is InChI=1S/C17H20F3N5S/c1-16(11-21)4-7-25(8-5-16)13-9-24-14(10-23-13)26-12-3-2-6-22-15(12)17(18,19)20/h2-3,6,9-10H,4-5,7-8,11,21H2,1H3. The number of aromatic nitrogens is 3. The maximum absolute atomic E-state index is 13.0. The minimum atomic E-state index is -4.50. The predicted molar refractivity (Wildman–Crippen MR) is 94.0 cm³/mol. The molecule has 0 radical (unpaired) electrons. The van der Waals surface area contributed by atoms with E-state index in [0.29, 0.717) is 11.6 Å². The van der Waals surface area contributed by atoms with Crippen LogP contribution in [0.3, 0.4) is 0 Å². The van der Waals surface area contributed by atoms with Crippen LogP contribution in [-0.2, 0) is 6.18 Å². The second-order valence-electron chi connectivity index (χ2n) is 6.66. The molecule has 0 bridgehead atoms. The molecule has 0 aromatic carbocycles. The molecule has 0 spiro atoms. The highest BCUT2D eigenvalue weighted by Crippen LogP contribution is 2.37. The molecule has 1 aliphatic heterocycles. The lowest BCUT2D eigenvalue weighted by Crippen LogP contribution is -2.42. The fraction of sp³-hybridized carbons (Fsp3) is 0.471. The van der Waals surface area contributed by atoms with E-state index >= 15 is 0 Å². The van der Waals surface area contributed by atoms with Crippen LogP contribution >= 0.6 is 11.8 Å². The Morgan fingerprint density at radius 3 is 2.50 bits per heavy atom. The molecule has 1 saturated heterocycles. The van der Waals surface area contributed by atoms with Gasteiger partial charge in [0.15, 0.2) is 5.69 Å². The molecule has 1 aliphatic rings. The van der Waals surface area contributed by atoms with Crippen LogP contribution < -0.4 is 10.6 Å². The zero-order valence-corrected chi connectivity index (χ0v) is 15.1. The van der Waals surface area contributed by atoms with Crippen LogP contribution in [0.25, 0.3) is 0 Å². The van der Waals surface area contributed by atoms with Crippen molar-refractivity contribution in [2.24, 2.45) is 11.1 Å². The van der Waals surface area contributed by atoms with Crippen LogP contribution in [0.4, 0.5) is 19.0 Å². The molecule has 0 atom stereocenters. The number of anilines is 1. The molecule has 3 rings (SSSR count). The smallest absolute Gasteiger partial charge is 0.355 e. The van der Waals surface area contributed by atoms with Crippen molar-refractivity contribution < 1.29 is 13.2 Å². The first-order valence-electron chi connectivity index (χ1n) is 8.28. The second kappa shape index (κ2) is 7.40. The molecule has 5 nitrogen and oxygen atoms in total. The summed E-state index contributed by atoms with van der Waals surface area (Å²) < 4.78 is 39.1. The third-order valence-electron chi connectivity index (χ3n) is 4.66. The molecule has 3 heterocycles. The number of hydrogen-bond donors (Lipinski definition) is 1. The average Bonchev–Trinajstić information content (AvgIpc) is 2.63. The van der Waals surface area contributed by atoms with Crippen molar-refractivity contribution in [2.75, 3.05) is 24.5 Å². The first-order chi connectivity index (χ1) is 12.3. The normalized spacial score (nSPS) is 17.3. The highest BCUT2D eigenvalue weighted by Gasteiger charge is 2.35. The Balaban J connectivity index is 1.70. The van der Waals surface area contributed by atoms with Gasteiger partial charge in [-0.3, -0.25) is 4.98 Å². The Morgan fingerprint density at radius 2 is 1.92 bits per heavy atom. The van der Waals surface area contributed by atoms with Crippen LogP contribution in [0.1, 0.15) is 25.5 Å².